The number of para-hydroxylation sites is 2. The third kappa shape index (κ3) is 3.38. The molecule has 5 heteroatoms. The van der Waals surface area contributed by atoms with Gasteiger partial charge < -0.3 is 20.3 Å². The lowest BCUT2D eigenvalue weighted by Gasteiger charge is -2.18. The van der Waals surface area contributed by atoms with Crippen molar-refractivity contribution in [1.82, 2.24) is 10.2 Å². The molecule has 1 heterocycles. The van der Waals surface area contributed by atoms with Gasteiger partial charge in [-0.25, -0.2) is 4.79 Å². The van der Waals surface area contributed by atoms with Gasteiger partial charge in [0.15, 0.2) is 0 Å². The standard InChI is InChI=1S/C14H21N3O2/c1-15-9-11-7-8-17(10-11)14(18)16-12-5-3-4-6-13(12)19-2/h3-6,11,15H,7-10H2,1-2H3,(H,16,18). The number of hydrogen-bond acceptors (Lipinski definition) is 3. The van der Waals surface area contributed by atoms with Gasteiger partial charge in [0.25, 0.3) is 0 Å². The van der Waals surface area contributed by atoms with Crippen LogP contribution in [-0.4, -0.2) is 44.7 Å². The van der Waals surface area contributed by atoms with Gasteiger partial charge >= 0.3 is 6.03 Å². The molecular weight excluding hydrogens is 242 g/mol. The summed E-state index contributed by atoms with van der Waals surface area (Å²) in [7, 11) is 3.54. The van der Waals surface area contributed by atoms with Crippen molar-refractivity contribution in [2.24, 2.45) is 5.92 Å². The minimum atomic E-state index is -0.0527. The summed E-state index contributed by atoms with van der Waals surface area (Å²) in [5.74, 6) is 1.23. The van der Waals surface area contributed by atoms with Crippen LogP contribution in [-0.2, 0) is 0 Å². The van der Waals surface area contributed by atoms with E-state index >= 15 is 0 Å². The Labute approximate surface area is 113 Å². The van der Waals surface area contributed by atoms with Crippen molar-refractivity contribution in [2.75, 3.05) is 39.1 Å². The summed E-state index contributed by atoms with van der Waals surface area (Å²) in [5, 5.41) is 6.07. The van der Waals surface area contributed by atoms with Gasteiger partial charge in [-0.3, -0.25) is 0 Å². The van der Waals surface area contributed by atoms with E-state index in [4.69, 9.17) is 4.74 Å². The van der Waals surface area contributed by atoms with Crippen LogP contribution >= 0.6 is 0 Å². The highest BCUT2D eigenvalue weighted by Crippen LogP contribution is 2.24. The van der Waals surface area contributed by atoms with Gasteiger partial charge in [0.1, 0.15) is 5.75 Å². The molecular formula is C14H21N3O2. The van der Waals surface area contributed by atoms with Crippen molar-refractivity contribution >= 4 is 11.7 Å². The first-order chi connectivity index (χ1) is 9.24. The number of nitrogens with zero attached hydrogens (tertiary/aromatic N) is 1. The zero-order valence-electron chi connectivity index (χ0n) is 11.5. The highest BCUT2D eigenvalue weighted by molar-refractivity contribution is 5.91. The van der Waals surface area contributed by atoms with Crippen LogP contribution in [0.3, 0.4) is 0 Å². The molecule has 2 amide bonds. The molecule has 0 radical (unpaired) electrons. The summed E-state index contributed by atoms with van der Waals surface area (Å²) in [6.45, 7) is 2.58. The van der Waals surface area contributed by atoms with E-state index in [-0.39, 0.29) is 6.03 Å². The van der Waals surface area contributed by atoms with E-state index < -0.39 is 0 Å². The van der Waals surface area contributed by atoms with Crippen molar-refractivity contribution in [2.45, 2.75) is 6.42 Å². The fourth-order valence-electron chi connectivity index (χ4n) is 2.41. The predicted molar refractivity (Wildman–Crippen MR) is 75.6 cm³/mol. The number of likely N-dealkylation sites (tertiary alicyclic amines) is 1. The van der Waals surface area contributed by atoms with Crippen molar-refractivity contribution in [3.63, 3.8) is 0 Å². The lowest BCUT2D eigenvalue weighted by Crippen LogP contribution is -2.34. The second-order valence-electron chi connectivity index (χ2n) is 4.79. The SMILES string of the molecule is CNCC1CCN(C(=O)Nc2ccccc2OC)C1. The van der Waals surface area contributed by atoms with E-state index in [2.05, 4.69) is 10.6 Å². The maximum absolute atomic E-state index is 12.2. The predicted octanol–water partition coefficient (Wildman–Crippen LogP) is 1.77. The Kier molecular flexibility index (Phi) is 4.63. The number of amides is 2. The molecule has 1 aliphatic rings. The largest absolute Gasteiger partial charge is 0.495 e. The minimum Gasteiger partial charge on any atom is -0.495 e. The Balaban J connectivity index is 1.94. The molecule has 2 rings (SSSR count). The zero-order valence-corrected chi connectivity index (χ0v) is 11.5. The van der Waals surface area contributed by atoms with Crippen molar-refractivity contribution < 1.29 is 9.53 Å². The number of methoxy groups -OCH3 is 1. The summed E-state index contributed by atoms with van der Waals surface area (Å²) in [6, 6.07) is 7.39. The maximum Gasteiger partial charge on any atom is 0.321 e. The molecule has 1 aliphatic heterocycles. The Morgan fingerprint density at radius 2 is 2.26 bits per heavy atom. The van der Waals surface area contributed by atoms with Crippen LogP contribution in [0.4, 0.5) is 10.5 Å². The number of hydrogen-bond donors (Lipinski definition) is 2. The number of urea groups is 1. The van der Waals surface area contributed by atoms with E-state index in [1.807, 2.05) is 36.2 Å². The molecule has 0 bridgehead atoms. The van der Waals surface area contributed by atoms with Crippen molar-refractivity contribution in [3.8, 4) is 5.75 Å². The number of carbonyl (C=O) groups is 1. The monoisotopic (exact) mass is 263 g/mol. The topological polar surface area (TPSA) is 53.6 Å². The molecule has 0 spiro atoms. The van der Waals surface area contributed by atoms with Crippen LogP contribution in [0.25, 0.3) is 0 Å². The smallest absolute Gasteiger partial charge is 0.321 e. The van der Waals surface area contributed by atoms with E-state index in [0.717, 1.165) is 26.1 Å². The zero-order chi connectivity index (χ0) is 13.7. The fraction of sp³-hybridized carbons (Fsp3) is 0.500. The molecule has 1 fully saturated rings. The number of carbonyl (C=O) groups excluding carboxylic acids is 1. The highest BCUT2D eigenvalue weighted by atomic mass is 16.5. The normalized spacial score (nSPS) is 18.4. The van der Waals surface area contributed by atoms with E-state index in [0.29, 0.717) is 17.4 Å². The Hall–Kier alpha value is -1.75. The fourth-order valence-corrected chi connectivity index (χ4v) is 2.41. The van der Waals surface area contributed by atoms with Gasteiger partial charge in [0.2, 0.25) is 0 Å². The Morgan fingerprint density at radius 3 is 3.00 bits per heavy atom. The molecule has 0 saturated carbocycles. The molecule has 1 saturated heterocycles. The summed E-state index contributed by atoms with van der Waals surface area (Å²) < 4.78 is 5.23. The van der Waals surface area contributed by atoms with Gasteiger partial charge in [0.05, 0.1) is 12.8 Å². The van der Waals surface area contributed by atoms with Gasteiger partial charge in [0, 0.05) is 13.1 Å². The summed E-state index contributed by atoms with van der Waals surface area (Å²) >= 11 is 0. The average molecular weight is 263 g/mol. The number of anilines is 1. The molecule has 1 atom stereocenters. The first-order valence-electron chi connectivity index (χ1n) is 6.58. The van der Waals surface area contributed by atoms with Crippen LogP contribution in [0.1, 0.15) is 6.42 Å². The van der Waals surface area contributed by atoms with E-state index in [9.17, 15) is 4.79 Å². The quantitative estimate of drug-likeness (QED) is 0.870. The molecule has 0 aliphatic carbocycles. The number of rotatable bonds is 4. The average Bonchev–Trinajstić information content (AvgIpc) is 2.88. The van der Waals surface area contributed by atoms with Crippen molar-refractivity contribution in [1.29, 1.82) is 0 Å². The summed E-state index contributed by atoms with van der Waals surface area (Å²) in [4.78, 5) is 14.0. The number of nitrogens with one attached hydrogen (secondary N) is 2. The highest BCUT2D eigenvalue weighted by Gasteiger charge is 2.25. The van der Waals surface area contributed by atoms with Crippen LogP contribution < -0.4 is 15.4 Å². The first-order valence-corrected chi connectivity index (χ1v) is 6.58. The molecule has 19 heavy (non-hydrogen) atoms. The van der Waals surface area contributed by atoms with Crippen LogP contribution in [0, 0.1) is 5.92 Å². The van der Waals surface area contributed by atoms with Crippen LogP contribution in [0.5, 0.6) is 5.75 Å². The van der Waals surface area contributed by atoms with Gasteiger partial charge in [-0.15, -0.1) is 0 Å². The molecule has 5 nitrogen and oxygen atoms in total. The third-order valence-electron chi connectivity index (χ3n) is 3.41. The first kappa shape index (κ1) is 13.7. The molecule has 2 N–H and O–H groups in total. The second-order valence-corrected chi connectivity index (χ2v) is 4.79. The molecule has 1 aromatic rings. The Bertz CT molecular complexity index is 436. The lowest BCUT2D eigenvalue weighted by molar-refractivity contribution is 0.220. The maximum atomic E-state index is 12.2. The summed E-state index contributed by atoms with van der Waals surface area (Å²) in [6.07, 6.45) is 1.06. The van der Waals surface area contributed by atoms with Gasteiger partial charge in [-0.2, -0.15) is 0 Å². The molecule has 1 unspecified atom stereocenters. The van der Waals surface area contributed by atoms with Gasteiger partial charge in [-0.1, -0.05) is 12.1 Å². The second kappa shape index (κ2) is 6.43. The minimum absolute atomic E-state index is 0.0527. The van der Waals surface area contributed by atoms with Gasteiger partial charge in [-0.05, 0) is 38.1 Å². The van der Waals surface area contributed by atoms with Crippen LogP contribution in [0.15, 0.2) is 24.3 Å². The van der Waals surface area contributed by atoms with Crippen LogP contribution in [0.2, 0.25) is 0 Å². The third-order valence-corrected chi connectivity index (χ3v) is 3.41. The molecule has 1 aromatic carbocycles. The van der Waals surface area contributed by atoms with E-state index in [1.54, 1.807) is 7.11 Å². The number of ether oxygens (including phenoxy) is 1. The molecule has 104 valence electrons. The summed E-state index contributed by atoms with van der Waals surface area (Å²) in [5.41, 5.74) is 0.715. The number of benzene rings is 1. The van der Waals surface area contributed by atoms with E-state index in [1.165, 1.54) is 0 Å². The molecule has 0 aromatic heterocycles. The Morgan fingerprint density at radius 1 is 1.47 bits per heavy atom. The van der Waals surface area contributed by atoms with Crippen molar-refractivity contribution in [3.05, 3.63) is 24.3 Å². The lowest BCUT2D eigenvalue weighted by atomic mass is 10.1.